The van der Waals surface area contributed by atoms with Crippen molar-refractivity contribution < 1.29 is 9.26 Å². The largest absolute Gasteiger partial charge is 0.496 e. The first-order valence-corrected chi connectivity index (χ1v) is 6.86. The Morgan fingerprint density at radius 3 is 2.85 bits per heavy atom. The Kier molecular flexibility index (Phi) is 3.22. The molecule has 20 heavy (non-hydrogen) atoms. The Morgan fingerprint density at radius 2 is 2.20 bits per heavy atom. The molecular weight excluding hydrogens is 254 g/mol. The van der Waals surface area contributed by atoms with Crippen LogP contribution >= 0.6 is 0 Å². The lowest BCUT2D eigenvalue weighted by molar-refractivity contribution is 0.222. The summed E-state index contributed by atoms with van der Waals surface area (Å²) in [6.07, 6.45) is 3.88. The van der Waals surface area contributed by atoms with E-state index in [0.29, 0.717) is 18.1 Å². The number of methoxy groups -OCH3 is 1. The maximum atomic E-state index is 6.21. The summed E-state index contributed by atoms with van der Waals surface area (Å²) >= 11 is 0. The van der Waals surface area contributed by atoms with E-state index in [9.17, 15) is 0 Å². The molecule has 106 valence electrons. The van der Waals surface area contributed by atoms with Crippen LogP contribution < -0.4 is 10.5 Å². The van der Waals surface area contributed by atoms with Gasteiger partial charge in [0.15, 0.2) is 0 Å². The van der Waals surface area contributed by atoms with Crippen molar-refractivity contribution in [1.29, 1.82) is 0 Å². The quantitative estimate of drug-likeness (QED) is 0.926. The van der Waals surface area contributed by atoms with Gasteiger partial charge in [-0.25, -0.2) is 0 Å². The predicted octanol–water partition coefficient (Wildman–Crippen LogP) is 2.48. The van der Waals surface area contributed by atoms with Crippen LogP contribution in [-0.4, -0.2) is 22.8 Å². The second kappa shape index (κ2) is 4.90. The molecule has 5 heteroatoms. The number of rotatable bonds is 4. The molecule has 0 radical (unpaired) electrons. The van der Waals surface area contributed by atoms with Gasteiger partial charge in [0, 0.05) is 12.0 Å². The van der Waals surface area contributed by atoms with Crippen molar-refractivity contribution in [2.24, 2.45) is 5.73 Å². The molecule has 1 aliphatic rings. The number of benzene rings is 1. The van der Waals surface area contributed by atoms with Crippen molar-refractivity contribution >= 4 is 0 Å². The molecule has 2 N–H and O–H groups in total. The minimum atomic E-state index is -0.152. The van der Waals surface area contributed by atoms with E-state index < -0.39 is 0 Å². The third-order valence-electron chi connectivity index (χ3n) is 3.92. The maximum Gasteiger partial charge on any atom is 0.228 e. The van der Waals surface area contributed by atoms with Crippen molar-refractivity contribution in [2.75, 3.05) is 7.11 Å². The van der Waals surface area contributed by atoms with Gasteiger partial charge in [0.2, 0.25) is 11.7 Å². The van der Waals surface area contributed by atoms with Crippen LogP contribution in [0.15, 0.2) is 22.7 Å². The first-order valence-electron chi connectivity index (χ1n) is 6.86. The van der Waals surface area contributed by atoms with Crippen molar-refractivity contribution in [3.63, 3.8) is 0 Å². The summed E-state index contributed by atoms with van der Waals surface area (Å²) in [4.78, 5) is 4.45. The molecule has 3 rings (SSSR count). The van der Waals surface area contributed by atoms with Crippen molar-refractivity contribution in [1.82, 2.24) is 10.1 Å². The normalized spacial score (nSPS) is 16.8. The van der Waals surface area contributed by atoms with Gasteiger partial charge in [0.1, 0.15) is 5.75 Å². The molecule has 1 fully saturated rings. The van der Waals surface area contributed by atoms with Crippen LogP contribution in [0.3, 0.4) is 0 Å². The molecule has 0 aliphatic heterocycles. The van der Waals surface area contributed by atoms with Gasteiger partial charge in [-0.3, -0.25) is 0 Å². The van der Waals surface area contributed by atoms with Gasteiger partial charge in [-0.2, -0.15) is 4.98 Å². The SMILES string of the molecule is COc1cc(C)ccc1-c1noc(CC2(N)CCC2)n1. The molecule has 0 saturated heterocycles. The molecule has 0 atom stereocenters. The molecule has 1 aliphatic carbocycles. The molecule has 1 aromatic carbocycles. The lowest BCUT2D eigenvalue weighted by Crippen LogP contribution is -2.48. The number of hydrogen-bond acceptors (Lipinski definition) is 5. The van der Waals surface area contributed by atoms with E-state index in [2.05, 4.69) is 10.1 Å². The number of aromatic nitrogens is 2. The Bertz CT molecular complexity index is 617. The van der Waals surface area contributed by atoms with Gasteiger partial charge in [-0.15, -0.1) is 0 Å². The molecule has 1 heterocycles. The second-order valence-corrected chi connectivity index (χ2v) is 5.61. The Hall–Kier alpha value is -1.88. The minimum absolute atomic E-state index is 0.152. The van der Waals surface area contributed by atoms with Crippen LogP contribution in [-0.2, 0) is 6.42 Å². The van der Waals surface area contributed by atoms with Gasteiger partial charge in [0.05, 0.1) is 12.7 Å². The lowest BCUT2D eigenvalue weighted by Gasteiger charge is -2.36. The highest BCUT2D eigenvalue weighted by Gasteiger charge is 2.34. The maximum absolute atomic E-state index is 6.21. The molecule has 0 bridgehead atoms. The third kappa shape index (κ3) is 2.41. The Balaban J connectivity index is 1.86. The topological polar surface area (TPSA) is 74.2 Å². The summed E-state index contributed by atoms with van der Waals surface area (Å²) in [5.41, 5.74) is 8.02. The number of nitrogens with two attached hydrogens (primary N) is 1. The first kappa shape index (κ1) is 13.1. The van der Waals surface area contributed by atoms with Crippen molar-refractivity contribution in [3.05, 3.63) is 29.7 Å². The predicted molar refractivity (Wildman–Crippen MR) is 75.5 cm³/mol. The van der Waals surface area contributed by atoms with Crippen LogP contribution in [0.25, 0.3) is 11.4 Å². The molecule has 1 aromatic heterocycles. The lowest BCUT2D eigenvalue weighted by atomic mass is 9.75. The van der Waals surface area contributed by atoms with Gasteiger partial charge in [-0.1, -0.05) is 11.2 Å². The van der Waals surface area contributed by atoms with Crippen LogP contribution in [0.5, 0.6) is 5.75 Å². The fourth-order valence-electron chi connectivity index (χ4n) is 2.53. The summed E-state index contributed by atoms with van der Waals surface area (Å²) in [7, 11) is 1.64. The van der Waals surface area contributed by atoms with E-state index in [1.54, 1.807) is 7.11 Å². The average molecular weight is 273 g/mol. The van der Waals surface area contributed by atoms with E-state index in [0.717, 1.165) is 29.7 Å². The molecule has 1 saturated carbocycles. The summed E-state index contributed by atoms with van der Waals surface area (Å²) in [5, 5.41) is 4.05. The third-order valence-corrected chi connectivity index (χ3v) is 3.92. The Labute approximate surface area is 118 Å². The minimum Gasteiger partial charge on any atom is -0.496 e. The number of ether oxygens (including phenoxy) is 1. The molecule has 0 unspecified atom stereocenters. The van der Waals surface area contributed by atoms with E-state index in [-0.39, 0.29) is 5.54 Å². The van der Waals surface area contributed by atoms with Crippen molar-refractivity contribution in [2.45, 2.75) is 38.1 Å². The van der Waals surface area contributed by atoms with Crippen LogP contribution in [0.2, 0.25) is 0 Å². The van der Waals surface area contributed by atoms with Gasteiger partial charge < -0.3 is 15.0 Å². The van der Waals surface area contributed by atoms with E-state index in [4.69, 9.17) is 15.0 Å². The standard InChI is InChI=1S/C15H19N3O2/c1-10-4-5-11(12(8-10)19-2)14-17-13(20-18-14)9-15(16)6-3-7-15/h4-5,8H,3,6-7,9,16H2,1-2H3. The summed E-state index contributed by atoms with van der Waals surface area (Å²) in [5.74, 6) is 1.91. The monoisotopic (exact) mass is 273 g/mol. The van der Waals surface area contributed by atoms with Crippen LogP contribution in [0, 0.1) is 6.92 Å². The summed E-state index contributed by atoms with van der Waals surface area (Å²) in [6.45, 7) is 2.02. The summed E-state index contributed by atoms with van der Waals surface area (Å²) < 4.78 is 10.7. The van der Waals surface area contributed by atoms with E-state index in [1.165, 1.54) is 6.42 Å². The molecule has 0 spiro atoms. The average Bonchev–Trinajstić information content (AvgIpc) is 2.85. The molecule has 0 amide bonds. The number of aryl methyl sites for hydroxylation is 1. The van der Waals surface area contributed by atoms with Crippen molar-refractivity contribution in [3.8, 4) is 17.1 Å². The number of nitrogens with zero attached hydrogens (tertiary/aromatic N) is 2. The highest BCUT2D eigenvalue weighted by atomic mass is 16.5. The fourth-order valence-corrected chi connectivity index (χ4v) is 2.53. The fraction of sp³-hybridized carbons (Fsp3) is 0.467. The van der Waals surface area contributed by atoms with Crippen LogP contribution in [0.4, 0.5) is 0 Å². The zero-order valence-corrected chi connectivity index (χ0v) is 11.8. The zero-order chi connectivity index (χ0) is 14.2. The van der Waals surface area contributed by atoms with Gasteiger partial charge in [-0.05, 0) is 43.9 Å². The zero-order valence-electron chi connectivity index (χ0n) is 11.8. The highest BCUT2D eigenvalue weighted by Crippen LogP contribution is 2.33. The Morgan fingerprint density at radius 1 is 1.40 bits per heavy atom. The molecular formula is C15H19N3O2. The van der Waals surface area contributed by atoms with Crippen LogP contribution in [0.1, 0.15) is 30.7 Å². The molecule has 2 aromatic rings. The number of hydrogen-bond donors (Lipinski definition) is 1. The molecule has 5 nitrogen and oxygen atoms in total. The van der Waals surface area contributed by atoms with E-state index >= 15 is 0 Å². The van der Waals surface area contributed by atoms with Gasteiger partial charge in [0.25, 0.3) is 0 Å². The second-order valence-electron chi connectivity index (χ2n) is 5.61. The van der Waals surface area contributed by atoms with Gasteiger partial charge >= 0.3 is 0 Å². The smallest absolute Gasteiger partial charge is 0.228 e. The highest BCUT2D eigenvalue weighted by molar-refractivity contribution is 5.64. The summed E-state index contributed by atoms with van der Waals surface area (Å²) in [6, 6.07) is 5.91. The first-order chi connectivity index (χ1) is 9.59. The van der Waals surface area contributed by atoms with E-state index in [1.807, 2.05) is 25.1 Å².